The molecule has 144 valence electrons. The van der Waals surface area contributed by atoms with E-state index in [1.54, 1.807) is 0 Å². The van der Waals surface area contributed by atoms with Crippen LogP contribution in [0.15, 0.2) is 54.6 Å². The predicted molar refractivity (Wildman–Crippen MR) is 108 cm³/mol. The highest BCUT2D eigenvalue weighted by Crippen LogP contribution is 2.24. The molecule has 1 aliphatic heterocycles. The third-order valence-corrected chi connectivity index (χ3v) is 5.36. The van der Waals surface area contributed by atoms with Crippen LogP contribution in [0.4, 0.5) is 0 Å². The molecule has 2 N–H and O–H groups in total. The van der Waals surface area contributed by atoms with Crippen LogP contribution in [-0.4, -0.2) is 19.0 Å². The Hall–Kier alpha value is -2.33. The van der Waals surface area contributed by atoms with Crippen molar-refractivity contribution in [3.63, 3.8) is 0 Å². The van der Waals surface area contributed by atoms with Gasteiger partial charge >= 0.3 is 0 Å². The standard InChI is InChI=1S/C23H30N2O2/c1-18(21-11-13-24-14-12-21)15-23(26)25-16-19-7-9-22(10-8-19)27-17-20-5-3-2-4-6-20/h2-10,18,21,24H,11-17H2,1H3,(H,25,26). The minimum Gasteiger partial charge on any atom is -0.489 e. The maximum Gasteiger partial charge on any atom is 0.220 e. The largest absolute Gasteiger partial charge is 0.489 e. The number of hydrogen-bond donors (Lipinski definition) is 2. The van der Waals surface area contributed by atoms with Crippen molar-refractivity contribution in [1.82, 2.24) is 10.6 Å². The lowest BCUT2D eigenvalue weighted by molar-refractivity contribution is -0.122. The Labute approximate surface area is 162 Å². The topological polar surface area (TPSA) is 50.4 Å². The molecule has 3 rings (SSSR count). The molecule has 0 spiro atoms. The van der Waals surface area contributed by atoms with Crippen molar-refractivity contribution in [2.24, 2.45) is 11.8 Å². The van der Waals surface area contributed by atoms with Gasteiger partial charge in [0, 0.05) is 13.0 Å². The lowest BCUT2D eigenvalue weighted by atomic mass is 9.84. The lowest BCUT2D eigenvalue weighted by Crippen LogP contribution is -2.33. The monoisotopic (exact) mass is 366 g/mol. The maximum absolute atomic E-state index is 12.2. The van der Waals surface area contributed by atoms with Crippen LogP contribution in [0, 0.1) is 11.8 Å². The summed E-state index contributed by atoms with van der Waals surface area (Å²) in [5.74, 6) is 2.10. The highest BCUT2D eigenvalue weighted by atomic mass is 16.5. The summed E-state index contributed by atoms with van der Waals surface area (Å²) < 4.78 is 5.80. The molecule has 0 radical (unpaired) electrons. The average Bonchev–Trinajstić information content (AvgIpc) is 2.73. The number of piperidine rings is 1. The van der Waals surface area contributed by atoms with Crippen LogP contribution >= 0.6 is 0 Å². The average molecular weight is 367 g/mol. The van der Waals surface area contributed by atoms with E-state index in [1.165, 1.54) is 12.8 Å². The van der Waals surface area contributed by atoms with Crippen molar-refractivity contribution in [2.45, 2.75) is 39.3 Å². The molecule has 0 saturated carbocycles. The molecule has 1 aliphatic rings. The summed E-state index contributed by atoms with van der Waals surface area (Å²) in [6, 6.07) is 18.1. The van der Waals surface area contributed by atoms with E-state index in [4.69, 9.17) is 4.74 Å². The van der Waals surface area contributed by atoms with Crippen LogP contribution in [0.2, 0.25) is 0 Å². The van der Waals surface area contributed by atoms with Gasteiger partial charge in [0.05, 0.1) is 0 Å². The van der Waals surface area contributed by atoms with E-state index < -0.39 is 0 Å². The quantitative estimate of drug-likeness (QED) is 0.745. The van der Waals surface area contributed by atoms with Crippen LogP contribution < -0.4 is 15.4 Å². The Bertz CT molecular complexity index is 694. The van der Waals surface area contributed by atoms with E-state index >= 15 is 0 Å². The predicted octanol–water partition coefficient (Wildman–Crippen LogP) is 3.91. The summed E-state index contributed by atoms with van der Waals surface area (Å²) in [5.41, 5.74) is 2.24. The smallest absolute Gasteiger partial charge is 0.220 e. The number of benzene rings is 2. The molecule has 0 bridgehead atoms. The Morgan fingerprint density at radius 2 is 1.78 bits per heavy atom. The highest BCUT2D eigenvalue weighted by Gasteiger charge is 2.21. The molecule has 1 amide bonds. The molecule has 2 aromatic carbocycles. The molecule has 1 unspecified atom stereocenters. The molecular weight excluding hydrogens is 336 g/mol. The van der Waals surface area contributed by atoms with Crippen molar-refractivity contribution in [3.8, 4) is 5.75 Å². The highest BCUT2D eigenvalue weighted by molar-refractivity contribution is 5.76. The Morgan fingerprint density at radius 3 is 2.48 bits per heavy atom. The van der Waals surface area contributed by atoms with Crippen LogP contribution in [0.5, 0.6) is 5.75 Å². The third-order valence-electron chi connectivity index (χ3n) is 5.36. The third kappa shape index (κ3) is 6.40. The summed E-state index contributed by atoms with van der Waals surface area (Å²) in [5, 5.41) is 6.43. The molecule has 2 aromatic rings. The normalized spacial score (nSPS) is 15.9. The zero-order valence-corrected chi connectivity index (χ0v) is 16.1. The Balaban J connectivity index is 1.39. The van der Waals surface area contributed by atoms with Crippen LogP contribution in [0.25, 0.3) is 0 Å². The lowest BCUT2D eigenvalue weighted by Gasteiger charge is -2.27. The van der Waals surface area contributed by atoms with Gasteiger partial charge in [-0.05, 0) is 61.0 Å². The van der Waals surface area contributed by atoms with Gasteiger partial charge in [0.25, 0.3) is 0 Å². The van der Waals surface area contributed by atoms with Crippen LogP contribution in [0.1, 0.15) is 37.3 Å². The van der Waals surface area contributed by atoms with E-state index in [-0.39, 0.29) is 5.91 Å². The minimum atomic E-state index is 0.144. The molecule has 1 fully saturated rings. The Morgan fingerprint density at radius 1 is 1.07 bits per heavy atom. The number of carbonyl (C=O) groups excluding carboxylic acids is 1. The van der Waals surface area contributed by atoms with Crippen molar-refractivity contribution in [3.05, 3.63) is 65.7 Å². The fourth-order valence-corrected chi connectivity index (χ4v) is 3.59. The molecule has 0 aromatic heterocycles. The number of amides is 1. The summed E-state index contributed by atoms with van der Waals surface area (Å²) in [6.07, 6.45) is 2.97. The molecule has 4 nitrogen and oxygen atoms in total. The number of nitrogens with one attached hydrogen (secondary N) is 2. The number of hydrogen-bond acceptors (Lipinski definition) is 3. The van der Waals surface area contributed by atoms with E-state index in [9.17, 15) is 4.79 Å². The van der Waals surface area contributed by atoms with Gasteiger partial charge in [-0.25, -0.2) is 0 Å². The molecule has 0 aliphatic carbocycles. The first kappa shape index (κ1) is 19.4. The zero-order valence-electron chi connectivity index (χ0n) is 16.1. The zero-order chi connectivity index (χ0) is 18.9. The first-order valence-corrected chi connectivity index (χ1v) is 9.94. The first-order chi connectivity index (χ1) is 13.2. The molecule has 4 heteroatoms. The summed E-state index contributed by atoms with van der Waals surface area (Å²) >= 11 is 0. The van der Waals surface area contributed by atoms with Gasteiger partial charge in [0.1, 0.15) is 12.4 Å². The van der Waals surface area contributed by atoms with E-state index in [2.05, 4.69) is 29.7 Å². The van der Waals surface area contributed by atoms with Gasteiger partial charge in [0.2, 0.25) is 5.91 Å². The van der Waals surface area contributed by atoms with E-state index in [1.807, 2.05) is 42.5 Å². The molecule has 1 saturated heterocycles. The van der Waals surface area contributed by atoms with E-state index in [0.717, 1.165) is 30.0 Å². The van der Waals surface area contributed by atoms with Crippen molar-refractivity contribution in [2.75, 3.05) is 13.1 Å². The number of rotatable bonds is 8. The fourth-order valence-electron chi connectivity index (χ4n) is 3.59. The van der Waals surface area contributed by atoms with Gasteiger partial charge in [0.15, 0.2) is 0 Å². The van der Waals surface area contributed by atoms with Gasteiger partial charge in [-0.15, -0.1) is 0 Å². The van der Waals surface area contributed by atoms with Crippen LogP contribution in [-0.2, 0) is 17.9 Å². The molecular formula is C23H30N2O2. The van der Waals surface area contributed by atoms with Crippen molar-refractivity contribution < 1.29 is 9.53 Å². The van der Waals surface area contributed by atoms with Crippen molar-refractivity contribution in [1.29, 1.82) is 0 Å². The molecule has 1 atom stereocenters. The van der Waals surface area contributed by atoms with Gasteiger partial charge < -0.3 is 15.4 Å². The fraction of sp³-hybridized carbons (Fsp3) is 0.435. The number of ether oxygens (including phenoxy) is 1. The second-order valence-electron chi connectivity index (χ2n) is 7.46. The summed E-state index contributed by atoms with van der Waals surface area (Å²) in [4.78, 5) is 12.2. The first-order valence-electron chi connectivity index (χ1n) is 9.94. The van der Waals surface area contributed by atoms with Gasteiger partial charge in [-0.1, -0.05) is 49.4 Å². The van der Waals surface area contributed by atoms with Gasteiger partial charge in [-0.3, -0.25) is 4.79 Å². The summed E-state index contributed by atoms with van der Waals surface area (Å²) in [7, 11) is 0. The summed E-state index contributed by atoms with van der Waals surface area (Å²) in [6.45, 7) is 5.49. The maximum atomic E-state index is 12.2. The van der Waals surface area contributed by atoms with Gasteiger partial charge in [-0.2, -0.15) is 0 Å². The minimum absolute atomic E-state index is 0.144. The van der Waals surface area contributed by atoms with E-state index in [0.29, 0.717) is 31.4 Å². The van der Waals surface area contributed by atoms with Crippen LogP contribution in [0.3, 0.4) is 0 Å². The van der Waals surface area contributed by atoms with Crippen molar-refractivity contribution >= 4 is 5.91 Å². The molecule has 1 heterocycles. The SMILES string of the molecule is CC(CC(=O)NCc1ccc(OCc2ccccc2)cc1)C1CCNCC1. The second-order valence-corrected chi connectivity index (χ2v) is 7.46. The number of carbonyl (C=O) groups is 1. The Kier molecular flexibility index (Phi) is 7.28. The molecule has 27 heavy (non-hydrogen) atoms. The second kappa shape index (κ2) is 10.1.